The van der Waals surface area contributed by atoms with Gasteiger partial charge in [-0.2, -0.15) is 0 Å². The van der Waals surface area contributed by atoms with Crippen molar-refractivity contribution in [3.8, 4) is 5.75 Å². The fourth-order valence-electron chi connectivity index (χ4n) is 3.39. The summed E-state index contributed by atoms with van der Waals surface area (Å²) in [5.41, 5.74) is 0.812. The highest BCUT2D eigenvalue weighted by Crippen LogP contribution is 2.40. The van der Waals surface area contributed by atoms with Crippen molar-refractivity contribution in [3.63, 3.8) is 0 Å². The quantitative estimate of drug-likeness (QED) is 0.632. The highest BCUT2D eigenvalue weighted by atomic mass is 32.2. The molecule has 0 spiro atoms. The molecule has 0 saturated heterocycles. The van der Waals surface area contributed by atoms with E-state index < -0.39 is 21.7 Å². The van der Waals surface area contributed by atoms with Crippen LogP contribution >= 0.6 is 11.8 Å². The van der Waals surface area contributed by atoms with E-state index in [0.29, 0.717) is 17.9 Å². The van der Waals surface area contributed by atoms with E-state index in [1.807, 2.05) is 44.4 Å². The number of anilines is 1. The monoisotopic (exact) mass is 448 g/mol. The zero-order chi connectivity index (χ0) is 22.1. The number of amides is 1. The summed E-state index contributed by atoms with van der Waals surface area (Å²) in [5.74, 6) is 0.316. The number of carbonyl (C=O) groups is 1. The molecular weight excluding hydrogens is 420 g/mol. The number of benzene rings is 2. The first-order chi connectivity index (χ1) is 14.0. The number of ether oxygens (including phenoxy) is 1. The zero-order valence-electron chi connectivity index (χ0n) is 17.9. The molecule has 0 aliphatic carbocycles. The van der Waals surface area contributed by atoms with Crippen molar-refractivity contribution in [2.45, 2.75) is 55.5 Å². The minimum Gasteiger partial charge on any atom is -0.487 e. The van der Waals surface area contributed by atoms with Gasteiger partial charge in [-0.25, -0.2) is 13.1 Å². The lowest BCUT2D eigenvalue weighted by Gasteiger charge is -2.37. The summed E-state index contributed by atoms with van der Waals surface area (Å²) in [6.07, 6.45) is 2.39. The lowest BCUT2D eigenvalue weighted by atomic mass is 9.90. The van der Waals surface area contributed by atoms with E-state index in [0.717, 1.165) is 10.5 Å². The number of para-hydroxylation sites is 1. The average molecular weight is 449 g/mol. The molecule has 6 nitrogen and oxygen atoms in total. The topological polar surface area (TPSA) is 84.5 Å². The summed E-state index contributed by atoms with van der Waals surface area (Å²) in [7, 11) is -3.82. The molecule has 2 aromatic rings. The Bertz CT molecular complexity index is 1050. The van der Waals surface area contributed by atoms with Gasteiger partial charge in [-0.05, 0) is 44.4 Å². The second-order valence-corrected chi connectivity index (χ2v) is 10.8. The molecule has 0 saturated carbocycles. The third kappa shape index (κ3) is 4.99. The largest absolute Gasteiger partial charge is 0.487 e. The van der Waals surface area contributed by atoms with Gasteiger partial charge in [0.1, 0.15) is 11.4 Å². The van der Waals surface area contributed by atoms with E-state index in [2.05, 4.69) is 10.0 Å². The lowest BCUT2D eigenvalue weighted by Crippen LogP contribution is -2.41. The van der Waals surface area contributed by atoms with Crippen LogP contribution in [0.15, 0.2) is 52.3 Å². The van der Waals surface area contributed by atoms with E-state index in [1.54, 1.807) is 26.0 Å². The van der Waals surface area contributed by atoms with Crippen molar-refractivity contribution in [2.24, 2.45) is 5.92 Å². The Morgan fingerprint density at radius 1 is 1.20 bits per heavy atom. The highest BCUT2D eigenvalue weighted by molar-refractivity contribution is 7.98. The van der Waals surface area contributed by atoms with Crippen LogP contribution in [0, 0.1) is 5.92 Å². The van der Waals surface area contributed by atoms with Crippen molar-refractivity contribution in [1.82, 2.24) is 4.72 Å². The number of sulfonamides is 1. The van der Waals surface area contributed by atoms with Crippen molar-refractivity contribution in [1.29, 1.82) is 0 Å². The van der Waals surface area contributed by atoms with Gasteiger partial charge in [0.2, 0.25) is 15.9 Å². The predicted octanol–water partition coefficient (Wildman–Crippen LogP) is 4.58. The Kier molecular flexibility index (Phi) is 6.50. The van der Waals surface area contributed by atoms with Crippen molar-refractivity contribution in [3.05, 3.63) is 48.0 Å². The molecule has 0 unspecified atom stereocenters. The van der Waals surface area contributed by atoms with Gasteiger partial charge in [0.05, 0.1) is 16.6 Å². The van der Waals surface area contributed by atoms with Gasteiger partial charge >= 0.3 is 0 Å². The lowest BCUT2D eigenvalue weighted by molar-refractivity contribution is -0.118. The molecule has 0 radical (unpaired) electrons. The smallest absolute Gasteiger partial charge is 0.241 e. The number of nitrogens with one attached hydrogen (secondary N) is 2. The highest BCUT2D eigenvalue weighted by Gasteiger charge is 2.36. The molecular formula is C22H28N2O4S2. The van der Waals surface area contributed by atoms with E-state index in [4.69, 9.17) is 4.74 Å². The molecule has 1 heterocycles. The van der Waals surface area contributed by atoms with Gasteiger partial charge in [-0.15, -0.1) is 11.8 Å². The van der Waals surface area contributed by atoms with Gasteiger partial charge < -0.3 is 10.1 Å². The third-order valence-corrected chi connectivity index (χ3v) is 7.20. The second-order valence-electron chi connectivity index (χ2n) is 8.28. The van der Waals surface area contributed by atoms with Crippen LogP contribution in [0.5, 0.6) is 5.75 Å². The molecule has 1 aliphatic heterocycles. The van der Waals surface area contributed by atoms with Crippen LogP contribution in [0.25, 0.3) is 0 Å². The van der Waals surface area contributed by atoms with E-state index in [1.165, 1.54) is 17.8 Å². The van der Waals surface area contributed by atoms with E-state index in [-0.39, 0.29) is 16.7 Å². The summed E-state index contributed by atoms with van der Waals surface area (Å²) >= 11 is 1.45. The van der Waals surface area contributed by atoms with Crippen LogP contribution in [-0.2, 0) is 14.8 Å². The molecule has 8 heteroatoms. The Morgan fingerprint density at radius 2 is 1.90 bits per heavy atom. The molecule has 2 aromatic carbocycles. The SMILES string of the molecule is CSc1ccc(S(=O)(=O)N[C@@H]2CC(C)(C)Oc3ccccc32)cc1NC(=O)C(C)C. The molecule has 2 N–H and O–H groups in total. The first-order valence-corrected chi connectivity index (χ1v) is 12.5. The summed E-state index contributed by atoms with van der Waals surface area (Å²) < 4.78 is 35.3. The normalized spacial score (nSPS) is 17.9. The molecule has 30 heavy (non-hydrogen) atoms. The number of fused-ring (bicyclic) bond motifs is 1. The molecule has 1 atom stereocenters. The Morgan fingerprint density at radius 3 is 2.57 bits per heavy atom. The number of hydrogen-bond donors (Lipinski definition) is 2. The number of thioether (sulfide) groups is 1. The predicted molar refractivity (Wildman–Crippen MR) is 121 cm³/mol. The third-order valence-electron chi connectivity index (χ3n) is 4.94. The van der Waals surface area contributed by atoms with Crippen LogP contribution in [0.3, 0.4) is 0 Å². The second kappa shape index (κ2) is 8.61. The van der Waals surface area contributed by atoms with Gasteiger partial charge in [-0.3, -0.25) is 4.79 Å². The fourth-order valence-corrected chi connectivity index (χ4v) is 5.17. The van der Waals surface area contributed by atoms with Crippen molar-refractivity contribution in [2.75, 3.05) is 11.6 Å². The maximum atomic E-state index is 13.2. The number of rotatable bonds is 6. The Balaban J connectivity index is 1.93. The standard InChI is InChI=1S/C22H28N2O4S2/c1-14(2)21(25)23-17-12-15(10-11-20(17)29-5)30(26,27)24-18-13-22(3,4)28-19-9-7-6-8-16(18)19/h6-12,14,18,24H,13H2,1-5H3,(H,23,25)/t18-/m1/s1. The van der Waals surface area contributed by atoms with Crippen LogP contribution in [0.1, 0.15) is 45.7 Å². The molecule has 162 valence electrons. The number of hydrogen-bond acceptors (Lipinski definition) is 5. The fraction of sp³-hybridized carbons (Fsp3) is 0.409. The van der Waals surface area contributed by atoms with Gasteiger partial charge in [0, 0.05) is 22.8 Å². The van der Waals surface area contributed by atoms with Crippen LogP contribution in [0.2, 0.25) is 0 Å². The zero-order valence-corrected chi connectivity index (χ0v) is 19.5. The van der Waals surface area contributed by atoms with Gasteiger partial charge in [0.15, 0.2) is 0 Å². The van der Waals surface area contributed by atoms with Crippen molar-refractivity contribution >= 4 is 33.4 Å². The van der Waals surface area contributed by atoms with Gasteiger partial charge in [-0.1, -0.05) is 32.0 Å². The molecule has 0 bridgehead atoms. The number of carbonyl (C=O) groups excluding carboxylic acids is 1. The molecule has 0 aromatic heterocycles. The molecule has 0 fully saturated rings. The molecule has 3 rings (SSSR count). The molecule has 1 amide bonds. The Hall–Kier alpha value is -2.03. The van der Waals surface area contributed by atoms with E-state index in [9.17, 15) is 13.2 Å². The average Bonchev–Trinajstić information content (AvgIpc) is 2.66. The summed E-state index contributed by atoms with van der Waals surface area (Å²) in [6.45, 7) is 7.47. The molecule has 1 aliphatic rings. The Labute approximate surface area is 182 Å². The van der Waals surface area contributed by atoms with Gasteiger partial charge in [0.25, 0.3) is 0 Å². The summed E-state index contributed by atoms with van der Waals surface area (Å²) in [6, 6.07) is 11.9. The first-order valence-electron chi connectivity index (χ1n) is 9.81. The maximum Gasteiger partial charge on any atom is 0.241 e. The maximum absolute atomic E-state index is 13.2. The summed E-state index contributed by atoms with van der Waals surface area (Å²) in [4.78, 5) is 13.1. The minimum absolute atomic E-state index is 0.112. The van der Waals surface area contributed by atoms with Crippen LogP contribution in [-0.4, -0.2) is 26.2 Å². The van der Waals surface area contributed by atoms with Crippen LogP contribution < -0.4 is 14.8 Å². The van der Waals surface area contributed by atoms with Crippen LogP contribution in [0.4, 0.5) is 5.69 Å². The summed E-state index contributed by atoms with van der Waals surface area (Å²) in [5, 5.41) is 2.83. The minimum atomic E-state index is -3.82. The van der Waals surface area contributed by atoms with E-state index >= 15 is 0 Å². The first kappa shape index (κ1) is 22.7. The van der Waals surface area contributed by atoms with Crippen molar-refractivity contribution < 1.29 is 17.9 Å².